The summed E-state index contributed by atoms with van der Waals surface area (Å²) < 4.78 is 14.1. The van der Waals surface area contributed by atoms with Gasteiger partial charge in [0.2, 0.25) is 5.91 Å². The number of nitrogens with zero attached hydrogens (tertiary/aromatic N) is 3. The summed E-state index contributed by atoms with van der Waals surface area (Å²) in [6.07, 6.45) is 1.68. The van der Waals surface area contributed by atoms with Crippen molar-refractivity contribution in [3.8, 4) is 0 Å². The predicted octanol–water partition coefficient (Wildman–Crippen LogP) is 2.40. The van der Waals surface area contributed by atoms with E-state index in [1.807, 2.05) is 0 Å². The number of aromatic nitrogens is 2. The molecule has 120 valence electrons. The van der Waals surface area contributed by atoms with Gasteiger partial charge in [-0.05, 0) is 36.6 Å². The fraction of sp³-hybridized carbons (Fsp3) is 0.312. The Labute approximate surface area is 137 Å². The zero-order chi connectivity index (χ0) is 16.4. The topological polar surface area (TPSA) is 55.2 Å². The molecule has 1 aromatic heterocycles. The van der Waals surface area contributed by atoms with Gasteiger partial charge in [-0.2, -0.15) is 5.10 Å². The Morgan fingerprint density at radius 2 is 2.00 bits per heavy atom. The van der Waals surface area contributed by atoms with Crippen LogP contribution in [0.2, 0.25) is 5.15 Å². The summed E-state index contributed by atoms with van der Waals surface area (Å²) in [6.45, 7) is 0.452. The van der Waals surface area contributed by atoms with Gasteiger partial charge in [0.05, 0.1) is 6.04 Å². The molecule has 1 unspecified atom stereocenters. The lowest BCUT2D eigenvalue weighted by molar-refractivity contribution is -0.133. The first kappa shape index (κ1) is 15.7. The van der Waals surface area contributed by atoms with Gasteiger partial charge in [0.15, 0.2) is 0 Å². The van der Waals surface area contributed by atoms with Crippen LogP contribution in [0.5, 0.6) is 0 Å². The molecule has 1 aliphatic rings. The zero-order valence-corrected chi connectivity index (χ0v) is 13.0. The Kier molecular flexibility index (Phi) is 4.43. The number of hydrogen-bond acceptors (Lipinski definition) is 3. The van der Waals surface area contributed by atoms with Crippen LogP contribution in [0.25, 0.3) is 0 Å². The Bertz CT molecular complexity index is 776. The smallest absolute Gasteiger partial charge is 0.267 e. The molecule has 3 rings (SSSR count). The Balaban J connectivity index is 1.79. The van der Waals surface area contributed by atoms with E-state index in [0.717, 1.165) is 23.1 Å². The molecule has 0 N–H and O–H groups in total. The molecular formula is C16H15ClFN3O2. The summed E-state index contributed by atoms with van der Waals surface area (Å²) >= 11 is 5.77. The van der Waals surface area contributed by atoms with Crippen LogP contribution in [0.15, 0.2) is 41.2 Å². The van der Waals surface area contributed by atoms with Gasteiger partial charge in [-0.15, -0.1) is 0 Å². The summed E-state index contributed by atoms with van der Waals surface area (Å²) in [6, 6.07) is 8.73. The first-order valence-corrected chi connectivity index (χ1v) is 7.71. The van der Waals surface area contributed by atoms with Crippen LogP contribution in [-0.2, 0) is 11.3 Å². The van der Waals surface area contributed by atoms with E-state index in [0.29, 0.717) is 6.54 Å². The van der Waals surface area contributed by atoms with E-state index in [9.17, 15) is 14.0 Å². The molecule has 1 atom stereocenters. The van der Waals surface area contributed by atoms with Crippen LogP contribution >= 0.6 is 11.6 Å². The third-order valence-corrected chi connectivity index (χ3v) is 4.15. The lowest BCUT2D eigenvalue weighted by Gasteiger charge is -2.25. The Morgan fingerprint density at radius 1 is 1.26 bits per heavy atom. The lowest BCUT2D eigenvalue weighted by atomic mass is 10.0. The van der Waals surface area contributed by atoms with Gasteiger partial charge in [0.25, 0.3) is 5.56 Å². The fourth-order valence-electron chi connectivity index (χ4n) is 2.85. The van der Waals surface area contributed by atoms with Gasteiger partial charge in [-0.3, -0.25) is 9.59 Å². The van der Waals surface area contributed by atoms with Gasteiger partial charge in [-0.1, -0.05) is 23.7 Å². The molecule has 23 heavy (non-hydrogen) atoms. The lowest BCUT2D eigenvalue weighted by Crippen LogP contribution is -2.36. The van der Waals surface area contributed by atoms with Gasteiger partial charge in [-0.25, -0.2) is 9.07 Å². The van der Waals surface area contributed by atoms with E-state index in [-0.39, 0.29) is 35.0 Å². The molecule has 1 fully saturated rings. The number of likely N-dealkylation sites (tertiary alicyclic amines) is 1. The van der Waals surface area contributed by atoms with Crippen LogP contribution < -0.4 is 5.56 Å². The number of halogens is 2. The second-order valence-electron chi connectivity index (χ2n) is 5.45. The highest BCUT2D eigenvalue weighted by Crippen LogP contribution is 2.32. The Morgan fingerprint density at radius 3 is 2.74 bits per heavy atom. The van der Waals surface area contributed by atoms with Gasteiger partial charge in [0, 0.05) is 12.6 Å². The summed E-state index contributed by atoms with van der Waals surface area (Å²) in [5.74, 6) is -0.506. The maximum Gasteiger partial charge on any atom is 0.267 e. The van der Waals surface area contributed by atoms with E-state index >= 15 is 0 Å². The third kappa shape index (κ3) is 3.42. The molecule has 0 saturated carbocycles. The van der Waals surface area contributed by atoms with Crippen molar-refractivity contribution in [3.63, 3.8) is 0 Å². The van der Waals surface area contributed by atoms with Crippen LogP contribution in [0.3, 0.4) is 0 Å². The second kappa shape index (κ2) is 6.50. The van der Waals surface area contributed by atoms with E-state index in [2.05, 4.69) is 5.10 Å². The van der Waals surface area contributed by atoms with E-state index in [1.165, 1.54) is 24.3 Å². The molecule has 2 aromatic rings. The quantitative estimate of drug-likeness (QED) is 0.865. The average molecular weight is 336 g/mol. The van der Waals surface area contributed by atoms with Crippen molar-refractivity contribution in [3.05, 3.63) is 63.3 Å². The number of benzene rings is 1. The van der Waals surface area contributed by atoms with Gasteiger partial charge in [0.1, 0.15) is 17.5 Å². The maximum absolute atomic E-state index is 13.1. The van der Waals surface area contributed by atoms with Crippen LogP contribution in [0.1, 0.15) is 24.4 Å². The van der Waals surface area contributed by atoms with Crippen molar-refractivity contribution in [1.29, 1.82) is 0 Å². The van der Waals surface area contributed by atoms with Crippen molar-refractivity contribution in [2.24, 2.45) is 0 Å². The molecule has 2 heterocycles. The standard InChI is InChI=1S/C16H15ClFN3O2/c17-14-7-8-15(22)21(19-14)10-16(23)20-9-1-2-13(20)11-3-5-12(18)6-4-11/h3-8,13H,1-2,9-10H2. The van der Waals surface area contributed by atoms with Crippen molar-refractivity contribution in [1.82, 2.24) is 14.7 Å². The van der Waals surface area contributed by atoms with Crippen molar-refractivity contribution >= 4 is 17.5 Å². The number of hydrogen-bond donors (Lipinski definition) is 0. The van der Waals surface area contributed by atoms with Crippen LogP contribution in [0, 0.1) is 5.82 Å². The predicted molar refractivity (Wildman–Crippen MR) is 83.6 cm³/mol. The molecule has 5 nitrogen and oxygen atoms in total. The van der Waals surface area contributed by atoms with Gasteiger partial charge < -0.3 is 4.90 Å². The summed E-state index contributed by atoms with van der Waals surface area (Å²) in [5.41, 5.74) is 0.518. The molecule has 7 heteroatoms. The largest absolute Gasteiger partial charge is 0.334 e. The highest BCUT2D eigenvalue weighted by Gasteiger charge is 2.30. The Hall–Kier alpha value is -2.21. The number of amides is 1. The zero-order valence-electron chi connectivity index (χ0n) is 12.3. The molecule has 1 aromatic carbocycles. The van der Waals surface area contributed by atoms with Crippen molar-refractivity contribution in [2.75, 3.05) is 6.54 Å². The molecule has 1 amide bonds. The molecule has 0 aliphatic carbocycles. The van der Waals surface area contributed by atoms with Crippen LogP contribution in [0.4, 0.5) is 4.39 Å². The minimum absolute atomic E-state index is 0.0991. The molecule has 0 radical (unpaired) electrons. The van der Waals surface area contributed by atoms with E-state index < -0.39 is 0 Å². The minimum Gasteiger partial charge on any atom is -0.334 e. The van der Waals surface area contributed by atoms with E-state index in [1.54, 1.807) is 17.0 Å². The van der Waals surface area contributed by atoms with Gasteiger partial charge >= 0.3 is 0 Å². The molecule has 0 spiro atoms. The molecule has 0 bridgehead atoms. The normalized spacial score (nSPS) is 17.5. The van der Waals surface area contributed by atoms with Crippen molar-refractivity contribution in [2.45, 2.75) is 25.4 Å². The summed E-state index contributed by atoms with van der Waals surface area (Å²) in [7, 11) is 0. The van der Waals surface area contributed by atoms with Crippen molar-refractivity contribution < 1.29 is 9.18 Å². The molecule has 1 aliphatic heterocycles. The average Bonchev–Trinajstić information content (AvgIpc) is 3.01. The third-order valence-electron chi connectivity index (χ3n) is 3.95. The fourth-order valence-corrected chi connectivity index (χ4v) is 3.01. The highest BCUT2D eigenvalue weighted by molar-refractivity contribution is 6.29. The number of carbonyl (C=O) groups is 1. The SMILES string of the molecule is O=C(Cn1nc(Cl)ccc1=O)N1CCCC1c1ccc(F)cc1. The van der Waals surface area contributed by atoms with E-state index in [4.69, 9.17) is 11.6 Å². The molecule has 1 saturated heterocycles. The maximum atomic E-state index is 13.1. The minimum atomic E-state index is -0.375. The molecular weight excluding hydrogens is 321 g/mol. The first-order valence-electron chi connectivity index (χ1n) is 7.33. The van der Waals surface area contributed by atoms with Crippen LogP contribution in [-0.4, -0.2) is 27.1 Å². The monoisotopic (exact) mass is 335 g/mol. The summed E-state index contributed by atoms with van der Waals surface area (Å²) in [5, 5.41) is 4.03. The highest BCUT2D eigenvalue weighted by atomic mass is 35.5. The summed E-state index contributed by atoms with van der Waals surface area (Å²) in [4.78, 5) is 26.0. The number of carbonyl (C=O) groups excluding carboxylic acids is 1. The first-order chi connectivity index (χ1) is 11.0. The number of rotatable bonds is 3. The second-order valence-corrected chi connectivity index (χ2v) is 5.84.